The molecule has 1 aromatic heterocycles. The Hall–Kier alpha value is -2.49. The van der Waals surface area contributed by atoms with Crippen molar-refractivity contribution in [2.45, 2.75) is 13.1 Å². The van der Waals surface area contributed by atoms with E-state index < -0.39 is 23.5 Å². The molecule has 0 bridgehead atoms. The molecule has 2 aromatic rings. The molecule has 0 fully saturated rings. The summed E-state index contributed by atoms with van der Waals surface area (Å²) in [5, 5.41) is 0.136. The normalized spacial score (nSPS) is 11.2. The van der Waals surface area contributed by atoms with E-state index in [0.29, 0.717) is 0 Å². The minimum Gasteiger partial charge on any atom is -0.496 e. The summed E-state index contributed by atoms with van der Waals surface area (Å²) >= 11 is 1.11. The number of anilines is 2. The quantitative estimate of drug-likeness (QED) is 0.901. The first-order chi connectivity index (χ1) is 11.2. The van der Waals surface area contributed by atoms with Gasteiger partial charge in [-0.2, -0.15) is 13.2 Å². The van der Waals surface area contributed by atoms with Gasteiger partial charge in [0, 0.05) is 17.1 Å². The van der Waals surface area contributed by atoms with E-state index in [1.807, 2.05) is 0 Å². The number of hydrogen-bond donors (Lipinski definition) is 1. The molecule has 1 aromatic carbocycles. The van der Waals surface area contributed by atoms with Crippen LogP contribution in [-0.2, 0) is 6.18 Å². The van der Waals surface area contributed by atoms with Gasteiger partial charge in [-0.1, -0.05) is 0 Å². The number of primary amides is 1. The van der Waals surface area contributed by atoms with E-state index in [-0.39, 0.29) is 16.6 Å². The molecule has 0 saturated heterocycles. The molecule has 24 heavy (non-hydrogen) atoms. The topological polar surface area (TPSA) is 77.7 Å². The summed E-state index contributed by atoms with van der Waals surface area (Å²) in [4.78, 5) is 17.5. The maximum Gasteiger partial charge on any atom is 0.420 e. The maximum absolute atomic E-state index is 13.3. The molecule has 0 atom stereocenters. The number of rotatable bonds is 4. The number of nitrogens with two attached hydrogens (primary N) is 1. The predicted molar refractivity (Wildman–Crippen MR) is 83.1 cm³/mol. The third kappa shape index (κ3) is 3.37. The van der Waals surface area contributed by atoms with E-state index in [1.54, 1.807) is 6.92 Å². The lowest BCUT2D eigenvalue weighted by Gasteiger charge is -2.22. The van der Waals surface area contributed by atoms with Crippen LogP contribution in [-0.4, -0.2) is 25.2 Å². The van der Waals surface area contributed by atoms with Crippen molar-refractivity contribution < 1.29 is 27.4 Å². The zero-order valence-corrected chi connectivity index (χ0v) is 13.8. The second-order valence-electron chi connectivity index (χ2n) is 4.65. The second-order valence-corrected chi connectivity index (χ2v) is 5.86. The van der Waals surface area contributed by atoms with Crippen LogP contribution in [0.2, 0.25) is 0 Å². The van der Waals surface area contributed by atoms with E-state index in [0.717, 1.165) is 40.4 Å². The van der Waals surface area contributed by atoms with Crippen molar-refractivity contribution in [1.29, 1.82) is 0 Å². The molecule has 0 aliphatic rings. The van der Waals surface area contributed by atoms with Crippen LogP contribution in [0.3, 0.4) is 0 Å². The lowest BCUT2D eigenvalue weighted by Crippen LogP contribution is -2.32. The summed E-state index contributed by atoms with van der Waals surface area (Å²) in [5.74, 6) is -0.436. The number of amides is 2. The van der Waals surface area contributed by atoms with Crippen molar-refractivity contribution in [1.82, 2.24) is 4.98 Å². The molecule has 2 N–H and O–H groups in total. The number of nitrogens with zero attached hydrogens (tertiary/aromatic N) is 2. The number of aromatic nitrogens is 1. The van der Waals surface area contributed by atoms with Crippen LogP contribution in [0.25, 0.3) is 0 Å². The second kappa shape index (κ2) is 6.56. The summed E-state index contributed by atoms with van der Waals surface area (Å²) in [6.45, 7) is 1.74. The molecule has 0 aliphatic heterocycles. The number of ether oxygens (including phenoxy) is 2. The first kappa shape index (κ1) is 17.9. The van der Waals surface area contributed by atoms with E-state index in [1.165, 1.54) is 13.3 Å². The largest absolute Gasteiger partial charge is 0.496 e. The number of aryl methyl sites for hydroxylation is 1. The molecule has 0 unspecified atom stereocenters. The van der Waals surface area contributed by atoms with Crippen molar-refractivity contribution in [2.24, 2.45) is 5.73 Å². The number of alkyl halides is 3. The van der Waals surface area contributed by atoms with Crippen molar-refractivity contribution in [3.63, 3.8) is 0 Å². The molecular formula is C14H14F3N3O3S. The standard InChI is InChI=1S/C14H14F3N3O3S/c1-7-6-19-13(24-7)20(12(18)21)9-4-8(14(15,16)17)10(22-2)5-11(9)23-3/h4-6H,1-3H3,(H2,18,21). The highest BCUT2D eigenvalue weighted by Crippen LogP contribution is 2.45. The Morgan fingerprint density at radius 3 is 2.29 bits per heavy atom. The van der Waals surface area contributed by atoms with Crippen molar-refractivity contribution >= 4 is 28.2 Å². The highest BCUT2D eigenvalue weighted by Gasteiger charge is 2.37. The minimum absolute atomic E-state index is 0.00787. The number of carbonyl (C=O) groups excluding carboxylic acids is 1. The monoisotopic (exact) mass is 361 g/mol. The van der Waals surface area contributed by atoms with Gasteiger partial charge < -0.3 is 15.2 Å². The predicted octanol–water partition coefficient (Wildman–Crippen LogP) is 3.70. The number of benzene rings is 1. The Labute approximate surface area is 139 Å². The highest BCUT2D eigenvalue weighted by molar-refractivity contribution is 7.15. The third-order valence-electron chi connectivity index (χ3n) is 3.07. The Morgan fingerprint density at radius 1 is 1.25 bits per heavy atom. The van der Waals surface area contributed by atoms with E-state index in [4.69, 9.17) is 15.2 Å². The summed E-state index contributed by atoms with van der Waals surface area (Å²) in [7, 11) is 2.37. The molecule has 2 rings (SSSR count). The van der Waals surface area contributed by atoms with Gasteiger partial charge in [-0.25, -0.2) is 14.7 Å². The van der Waals surface area contributed by atoms with Crippen LogP contribution in [0.5, 0.6) is 11.5 Å². The fourth-order valence-corrected chi connectivity index (χ4v) is 2.82. The first-order valence-corrected chi connectivity index (χ1v) is 7.36. The third-order valence-corrected chi connectivity index (χ3v) is 3.97. The van der Waals surface area contributed by atoms with E-state index >= 15 is 0 Å². The lowest BCUT2D eigenvalue weighted by atomic mass is 10.1. The van der Waals surface area contributed by atoms with Crippen LogP contribution < -0.4 is 20.1 Å². The fraction of sp³-hybridized carbons (Fsp3) is 0.286. The first-order valence-electron chi connectivity index (χ1n) is 6.54. The van der Waals surface area contributed by atoms with Gasteiger partial charge in [0.25, 0.3) is 0 Å². The molecular weight excluding hydrogens is 347 g/mol. The number of methoxy groups -OCH3 is 2. The summed E-state index contributed by atoms with van der Waals surface area (Å²) in [6.07, 6.45) is -3.20. The smallest absolute Gasteiger partial charge is 0.420 e. The molecule has 6 nitrogen and oxygen atoms in total. The van der Waals surface area contributed by atoms with Gasteiger partial charge >= 0.3 is 12.2 Å². The van der Waals surface area contributed by atoms with Crippen LogP contribution in [0.4, 0.5) is 28.8 Å². The zero-order chi connectivity index (χ0) is 18.1. The zero-order valence-electron chi connectivity index (χ0n) is 13.0. The summed E-state index contributed by atoms with van der Waals surface area (Å²) < 4.78 is 49.6. The molecule has 0 radical (unpaired) electrons. The molecule has 0 saturated carbocycles. The summed E-state index contributed by atoms with van der Waals surface area (Å²) in [5.41, 5.74) is 4.12. The van der Waals surface area contributed by atoms with Gasteiger partial charge in [-0.15, -0.1) is 11.3 Å². The number of hydrogen-bond acceptors (Lipinski definition) is 5. The Bertz CT molecular complexity index is 761. The number of thiazole rings is 1. The Morgan fingerprint density at radius 2 is 1.88 bits per heavy atom. The van der Waals surface area contributed by atoms with Crippen LogP contribution >= 0.6 is 11.3 Å². The molecule has 1 heterocycles. The van der Waals surface area contributed by atoms with Crippen molar-refractivity contribution in [2.75, 3.05) is 19.1 Å². The van der Waals surface area contributed by atoms with Gasteiger partial charge in [0.15, 0.2) is 5.13 Å². The van der Waals surface area contributed by atoms with Crippen LogP contribution in [0.1, 0.15) is 10.4 Å². The van der Waals surface area contributed by atoms with Gasteiger partial charge in [-0.3, -0.25) is 0 Å². The Kier molecular flexibility index (Phi) is 4.88. The summed E-state index contributed by atoms with van der Waals surface area (Å²) in [6, 6.07) is 0.814. The highest BCUT2D eigenvalue weighted by atomic mass is 32.1. The van der Waals surface area contributed by atoms with E-state index in [2.05, 4.69) is 4.98 Å². The average molecular weight is 361 g/mol. The van der Waals surface area contributed by atoms with Crippen molar-refractivity contribution in [3.05, 3.63) is 28.8 Å². The van der Waals surface area contributed by atoms with Gasteiger partial charge in [-0.05, 0) is 13.0 Å². The van der Waals surface area contributed by atoms with Gasteiger partial charge in [0.1, 0.15) is 11.5 Å². The Balaban J connectivity index is 2.72. The van der Waals surface area contributed by atoms with Crippen LogP contribution in [0, 0.1) is 6.92 Å². The minimum atomic E-state index is -4.69. The molecule has 130 valence electrons. The number of halogens is 3. The lowest BCUT2D eigenvalue weighted by molar-refractivity contribution is -0.138. The van der Waals surface area contributed by atoms with Gasteiger partial charge in [0.05, 0.1) is 25.5 Å². The maximum atomic E-state index is 13.3. The molecule has 0 aliphatic carbocycles. The molecule has 2 amide bonds. The number of urea groups is 1. The fourth-order valence-electron chi connectivity index (χ4n) is 2.04. The molecule has 0 spiro atoms. The van der Waals surface area contributed by atoms with Gasteiger partial charge in [0.2, 0.25) is 0 Å². The SMILES string of the molecule is COc1cc(OC)c(C(F)(F)F)cc1N(C(N)=O)c1ncc(C)s1. The van der Waals surface area contributed by atoms with Crippen molar-refractivity contribution in [3.8, 4) is 11.5 Å². The van der Waals surface area contributed by atoms with E-state index in [9.17, 15) is 18.0 Å². The average Bonchev–Trinajstić information content (AvgIpc) is 2.91. The molecule has 10 heteroatoms. The van der Waals surface area contributed by atoms with Crippen LogP contribution in [0.15, 0.2) is 18.3 Å². The number of carbonyl (C=O) groups is 1.